The highest BCUT2D eigenvalue weighted by atomic mass is 16.5. The standard InChI is InChI=1S/C14H22N2O/c1-11-4-3-5-13(8-11)15-9-12-6-7-14(17-2)16-10-12/h6-7,10-11,13,15H,3-5,8-9H2,1-2H3. The van der Waals surface area contributed by atoms with Crippen LogP contribution >= 0.6 is 0 Å². The molecule has 1 saturated carbocycles. The zero-order valence-corrected chi connectivity index (χ0v) is 10.8. The van der Waals surface area contributed by atoms with Crippen molar-refractivity contribution in [2.75, 3.05) is 7.11 Å². The lowest BCUT2D eigenvalue weighted by Gasteiger charge is -2.27. The van der Waals surface area contributed by atoms with Crippen molar-refractivity contribution >= 4 is 0 Å². The lowest BCUT2D eigenvalue weighted by molar-refractivity contribution is 0.300. The Balaban J connectivity index is 1.80. The molecule has 2 unspecified atom stereocenters. The molecule has 1 aliphatic carbocycles. The van der Waals surface area contributed by atoms with Crippen molar-refractivity contribution in [2.24, 2.45) is 5.92 Å². The zero-order chi connectivity index (χ0) is 12.1. The Morgan fingerprint density at radius 2 is 2.29 bits per heavy atom. The molecule has 0 aliphatic heterocycles. The predicted molar refractivity (Wildman–Crippen MR) is 69.0 cm³/mol. The molecule has 2 atom stereocenters. The molecule has 0 amide bonds. The van der Waals surface area contributed by atoms with E-state index in [0.29, 0.717) is 11.9 Å². The Hall–Kier alpha value is -1.09. The highest BCUT2D eigenvalue weighted by Crippen LogP contribution is 2.23. The molecule has 1 heterocycles. The summed E-state index contributed by atoms with van der Waals surface area (Å²) in [5, 5.41) is 3.62. The first kappa shape index (κ1) is 12.4. The number of nitrogens with one attached hydrogen (secondary N) is 1. The Kier molecular flexibility index (Phi) is 4.37. The summed E-state index contributed by atoms with van der Waals surface area (Å²) < 4.78 is 5.05. The highest BCUT2D eigenvalue weighted by molar-refractivity contribution is 5.17. The third-order valence-corrected chi connectivity index (χ3v) is 3.54. The molecule has 0 spiro atoms. The van der Waals surface area contributed by atoms with Crippen LogP contribution in [0.1, 0.15) is 38.2 Å². The van der Waals surface area contributed by atoms with E-state index in [2.05, 4.69) is 23.3 Å². The maximum atomic E-state index is 5.05. The summed E-state index contributed by atoms with van der Waals surface area (Å²) in [5.74, 6) is 1.55. The van der Waals surface area contributed by atoms with Gasteiger partial charge in [0, 0.05) is 24.8 Å². The summed E-state index contributed by atoms with van der Waals surface area (Å²) in [6.07, 6.45) is 7.26. The second-order valence-corrected chi connectivity index (χ2v) is 5.06. The summed E-state index contributed by atoms with van der Waals surface area (Å²) in [4.78, 5) is 4.21. The average Bonchev–Trinajstić information content (AvgIpc) is 2.37. The van der Waals surface area contributed by atoms with Gasteiger partial charge in [-0.25, -0.2) is 4.98 Å². The predicted octanol–water partition coefficient (Wildman–Crippen LogP) is 2.76. The highest BCUT2D eigenvalue weighted by Gasteiger charge is 2.17. The van der Waals surface area contributed by atoms with E-state index in [1.807, 2.05) is 12.3 Å². The minimum absolute atomic E-state index is 0.681. The summed E-state index contributed by atoms with van der Waals surface area (Å²) in [7, 11) is 1.64. The van der Waals surface area contributed by atoms with Gasteiger partial charge >= 0.3 is 0 Å². The largest absolute Gasteiger partial charge is 0.481 e. The molecule has 0 radical (unpaired) electrons. The minimum atomic E-state index is 0.681. The van der Waals surface area contributed by atoms with E-state index < -0.39 is 0 Å². The Morgan fingerprint density at radius 3 is 2.94 bits per heavy atom. The number of methoxy groups -OCH3 is 1. The molecule has 1 aromatic heterocycles. The molecule has 1 N–H and O–H groups in total. The first-order valence-corrected chi connectivity index (χ1v) is 6.50. The van der Waals surface area contributed by atoms with Crippen molar-refractivity contribution in [1.82, 2.24) is 10.3 Å². The molecule has 1 aromatic rings. The fourth-order valence-corrected chi connectivity index (χ4v) is 2.52. The van der Waals surface area contributed by atoms with Gasteiger partial charge in [0.15, 0.2) is 0 Å². The van der Waals surface area contributed by atoms with Crippen molar-refractivity contribution in [2.45, 2.75) is 45.2 Å². The van der Waals surface area contributed by atoms with Crippen LogP contribution in [0.4, 0.5) is 0 Å². The molecular formula is C14H22N2O. The lowest BCUT2D eigenvalue weighted by Crippen LogP contribution is -2.33. The van der Waals surface area contributed by atoms with Crippen LogP contribution in [-0.4, -0.2) is 18.1 Å². The van der Waals surface area contributed by atoms with E-state index in [0.717, 1.165) is 12.5 Å². The van der Waals surface area contributed by atoms with Crippen LogP contribution < -0.4 is 10.1 Å². The third-order valence-electron chi connectivity index (χ3n) is 3.54. The van der Waals surface area contributed by atoms with Crippen molar-refractivity contribution in [3.63, 3.8) is 0 Å². The fourth-order valence-electron chi connectivity index (χ4n) is 2.52. The summed E-state index contributed by atoms with van der Waals surface area (Å²) >= 11 is 0. The van der Waals surface area contributed by atoms with Crippen LogP contribution in [-0.2, 0) is 6.54 Å². The Bertz CT molecular complexity index is 337. The monoisotopic (exact) mass is 234 g/mol. The molecule has 0 bridgehead atoms. The van der Waals surface area contributed by atoms with Crippen LogP contribution in [0.25, 0.3) is 0 Å². The normalized spacial score (nSPS) is 24.6. The topological polar surface area (TPSA) is 34.1 Å². The molecule has 17 heavy (non-hydrogen) atoms. The summed E-state index contributed by atoms with van der Waals surface area (Å²) in [6, 6.07) is 4.67. The fraction of sp³-hybridized carbons (Fsp3) is 0.643. The van der Waals surface area contributed by atoms with Gasteiger partial charge in [0.25, 0.3) is 0 Å². The molecule has 0 saturated heterocycles. The van der Waals surface area contributed by atoms with E-state index in [-0.39, 0.29) is 0 Å². The van der Waals surface area contributed by atoms with Gasteiger partial charge in [-0.05, 0) is 24.3 Å². The average molecular weight is 234 g/mol. The maximum Gasteiger partial charge on any atom is 0.212 e. The van der Waals surface area contributed by atoms with Crippen LogP contribution in [0.3, 0.4) is 0 Å². The van der Waals surface area contributed by atoms with Gasteiger partial charge < -0.3 is 10.1 Å². The zero-order valence-electron chi connectivity index (χ0n) is 10.8. The van der Waals surface area contributed by atoms with Crippen LogP contribution in [0, 0.1) is 5.92 Å². The molecule has 1 aliphatic rings. The molecule has 2 rings (SSSR count). The van der Waals surface area contributed by atoms with Gasteiger partial charge in [0.2, 0.25) is 5.88 Å². The first-order chi connectivity index (χ1) is 8.28. The third kappa shape index (κ3) is 3.70. The minimum Gasteiger partial charge on any atom is -0.481 e. The lowest BCUT2D eigenvalue weighted by atomic mass is 9.87. The smallest absolute Gasteiger partial charge is 0.212 e. The van der Waals surface area contributed by atoms with Gasteiger partial charge in [-0.15, -0.1) is 0 Å². The number of hydrogen-bond acceptors (Lipinski definition) is 3. The second kappa shape index (κ2) is 6.01. The van der Waals surface area contributed by atoms with Crippen molar-refractivity contribution in [1.29, 1.82) is 0 Å². The van der Waals surface area contributed by atoms with E-state index in [4.69, 9.17) is 4.74 Å². The summed E-state index contributed by atoms with van der Waals surface area (Å²) in [6.45, 7) is 3.26. The Labute approximate surface area is 104 Å². The maximum absolute atomic E-state index is 5.05. The molecule has 3 nitrogen and oxygen atoms in total. The van der Waals surface area contributed by atoms with E-state index in [1.54, 1.807) is 7.11 Å². The molecular weight excluding hydrogens is 212 g/mol. The van der Waals surface area contributed by atoms with E-state index >= 15 is 0 Å². The number of ether oxygens (including phenoxy) is 1. The molecule has 3 heteroatoms. The number of nitrogens with zero attached hydrogens (tertiary/aromatic N) is 1. The molecule has 1 fully saturated rings. The Morgan fingerprint density at radius 1 is 1.41 bits per heavy atom. The molecule has 0 aromatic carbocycles. The van der Waals surface area contributed by atoms with Gasteiger partial charge in [-0.3, -0.25) is 0 Å². The van der Waals surface area contributed by atoms with Crippen LogP contribution in [0.2, 0.25) is 0 Å². The number of hydrogen-bond donors (Lipinski definition) is 1. The molecule has 94 valence electrons. The number of aromatic nitrogens is 1. The van der Waals surface area contributed by atoms with Gasteiger partial charge in [0.1, 0.15) is 0 Å². The van der Waals surface area contributed by atoms with Crippen LogP contribution in [0.15, 0.2) is 18.3 Å². The van der Waals surface area contributed by atoms with E-state index in [1.165, 1.54) is 31.2 Å². The van der Waals surface area contributed by atoms with E-state index in [9.17, 15) is 0 Å². The summed E-state index contributed by atoms with van der Waals surface area (Å²) in [5.41, 5.74) is 1.23. The van der Waals surface area contributed by atoms with Crippen LogP contribution in [0.5, 0.6) is 5.88 Å². The van der Waals surface area contributed by atoms with Crippen molar-refractivity contribution in [3.05, 3.63) is 23.9 Å². The van der Waals surface area contributed by atoms with Crippen molar-refractivity contribution in [3.8, 4) is 5.88 Å². The van der Waals surface area contributed by atoms with Gasteiger partial charge in [0.05, 0.1) is 7.11 Å². The van der Waals surface area contributed by atoms with Crippen molar-refractivity contribution < 1.29 is 4.74 Å². The first-order valence-electron chi connectivity index (χ1n) is 6.50. The second-order valence-electron chi connectivity index (χ2n) is 5.06. The van der Waals surface area contributed by atoms with Gasteiger partial charge in [-0.1, -0.05) is 25.8 Å². The SMILES string of the molecule is COc1ccc(CNC2CCCC(C)C2)cn1. The number of pyridine rings is 1. The number of rotatable bonds is 4. The van der Waals surface area contributed by atoms with Gasteiger partial charge in [-0.2, -0.15) is 0 Å². The quantitative estimate of drug-likeness (QED) is 0.870.